The number of rotatable bonds is 9. The Kier molecular flexibility index (Phi) is 9.45. The Balaban J connectivity index is 1.44. The molecule has 1 fully saturated rings. The molecule has 2 aromatic carbocycles. The summed E-state index contributed by atoms with van der Waals surface area (Å²) >= 11 is 0. The lowest BCUT2D eigenvalue weighted by Gasteiger charge is -2.36. The van der Waals surface area contributed by atoms with Crippen LogP contribution in [-0.4, -0.2) is 41.4 Å². The first kappa shape index (κ1) is 29.5. The quantitative estimate of drug-likeness (QED) is 0.373. The number of hydrogen-bond acceptors (Lipinski definition) is 5. The highest BCUT2D eigenvalue weighted by atomic mass is 19.1. The minimum atomic E-state index is -0.886. The third kappa shape index (κ3) is 7.18. The van der Waals surface area contributed by atoms with Crippen molar-refractivity contribution in [2.75, 3.05) is 7.05 Å². The van der Waals surface area contributed by atoms with E-state index in [0.29, 0.717) is 30.4 Å². The molecule has 5 N–H and O–H groups in total. The van der Waals surface area contributed by atoms with E-state index in [2.05, 4.69) is 16.0 Å². The predicted octanol–water partition coefficient (Wildman–Crippen LogP) is 4.19. The van der Waals surface area contributed by atoms with Crippen LogP contribution >= 0.6 is 0 Å². The van der Waals surface area contributed by atoms with E-state index in [-0.39, 0.29) is 29.7 Å². The molecule has 1 unspecified atom stereocenters. The Hall–Kier alpha value is -3.46. The summed E-state index contributed by atoms with van der Waals surface area (Å²) < 4.78 is 28.2. The Labute approximate surface area is 235 Å². The molecule has 2 aliphatic rings. The van der Waals surface area contributed by atoms with Crippen molar-refractivity contribution in [1.82, 2.24) is 20.9 Å². The summed E-state index contributed by atoms with van der Waals surface area (Å²) in [6, 6.07) is 10.8. The van der Waals surface area contributed by atoms with E-state index in [9.17, 15) is 18.4 Å². The van der Waals surface area contributed by atoms with Gasteiger partial charge in [-0.15, -0.1) is 0 Å². The zero-order chi connectivity index (χ0) is 28.9. The fourth-order valence-corrected chi connectivity index (χ4v) is 5.52. The van der Waals surface area contributed by atoms with Gasteiger partial charge in [-0.1, -0.05) is 49.6 Å². The summed E-state index contributed by atoms with van der Waals surface area (Å²) in [6.45, 7) is 3.63. The first-order chi connectivity index (χ1) is 19.0. The number of nitrogens with one attached hydrogen (secondary N) is 3. The van der Waals surface area contributed by atoms with Crippen LogP contribution in [0.2, 0.25) is 0 Å². The number of likely N-dealkylation sites (N-methyl/N-ethyl adjacent to an activating group) is 1. The highest BCUT2D eigenvalue weighted by Gasteiger charge is 2.33. The number of benzene rings is 2. The lowest BCUT2D eigenvalue weighted by atomic mass is 9.87. The topological polar surface area (TPSA) is 99.5 Å². The van der Waals surface area contributed by atoms with Crippen LogP contribution < -0.4 is 21.7 Å². The van der Waals surface area contributed by atoms with Crippen molar-refractivity contribution in [2.45, 2.75) is 88.9 Å². The summed E-state index contributed by atoms with van der Waals surface area (Å²) in [6.07, 6.45) is 8.47. The first-order valence-corrected chi connectivity index (χ1v) is 14.1. The number of nitrogens with two attached hydrogens (primary N) is 1. The van der Waals surface area contributed by atoms with Crippen molar-refractivity contribution in [1.29, 1.82) is 0 Å². The molecule has 40 heavy (non-hydrogen) atoms. The van der Waals surface area contributed by atoms with Gasteiger partial charge in [0.15, 0.2) is 0 Å². The molecule has 7 nitrogen and oxygen atoms in total. The number of amides is 2. The third-order valence-corrected chi connectivity index (χ3v) is 8.24. The van der Waals surface area contributed by atoms with E-state index >= 15 is 0 Å². The average Bonchev–Trinajstić information content (AvgIpc) is 2.92. The monoisotopic (exact) mass is 553 g/mol. The zero-order valence-corrected chi connectivity index (χ0v) is 23.6. The second-order valence-electron chi connectivity index (χ2n) is 11.5. The van der Waals surface area contributed by atoms with Crippen molar-refractivity contribution in [3.8, 4) is 0 Å². The molecule has 0 aromatic heterocycles. The molecule has 0 spiro atoms. The van der Waals surface area contributed by atoms with Gasteiger partial charge in [0, 0.05) is 31.4 Å². The van der Waals surface area contributed by atoms with Gasteiger partial charge in [0.25, 0.3) is 0 Å². The standard InChI is InChI=1S/C31H41F2N5O2/c1-31(2,30(40)36-23-12-8-5-9-13-23)38(3)19-27(34)37-29(39)28(20-10-6-4-7-11-20)35-24-15-14-21-16-22(32)17-26(33)25(21)18-24/h4,6-7,10-11,16-17,19,23-24,28,35H,5,8-9,12-15,18,34H2,1-3H3,(H,36,40)(H,37,39)/b27-19+/t24?,28-/m0/s1. The maximum atomic E-state index is 14.5. The number of fused-ring (bicyclic) bond motifs is 1. The van der Waals surface area contributed by atoms with Crippen LogP contribution in [0, 0.1) is 11.6 Å². The number of nitrogens with zero attached hydrogens (tertiary/aromatic N) is 1. The lowest BCUT2D eigenvalue weighted by Crippen LogP contribution is -2.54. The smallest absolute Gasteiger partial charge is 0.247 e. The normalized spacial score (nSPS) is 18.9. The molecule has 216 valence electrons. The maximum absolute atomic E-state index is 14.5. The summed E-state index contributed by atoms with van der Waals surface area (Å²) in [4.78, 5) is 28.3. The minimum Gasteiger partial charge on any atom is -0.384 e. The number of carbonyl (C=O) groups excluding carboxylic acids is 2. The van der Waals surface area contributed by atoms with Crippen molar-refractivity contribution in [3.63, 3.8) is 0 Å². The fraction of sp³-hybridized carbons (Fsp3) is 0.484. The van der Waals surface area contributed by atoms with Gasteiger partial charge in [-0.05, 0) is 68.7 Å². The van der Waals surface area contributed by atoms with Crippen LogP contribution in [0.1, 0.15) is 75.1 Å². The number of carbonyl (C=O) groups is 2. The summed E-state index contributed by atoms with van der Waals surface area (Å²) in [5, 5.41) is 9.30. The molecule has 2 aromatic rings. The number of hydrogen-bond donors (Lipinski definition) is 4. The van der Waals surface area contributed by atoms with Gasteiger partial charge in [0.1, 0.15) is 29.0 Å². The number of aryl methyl sites for hydroxylation is 1. The Morgan fingerprint density at radius 1 is 1.05 bits per heavy atom. The van der Waals surface area contributed by atoms with Crippen LogP contribution in [-0.2, 0) is 22.4 Å². The average molecular weight is 554 g/mol. The third-order valence-electron chi connectivity index (χ3n) is 8.24. The van der Waals surface area contributed by atoms with Crippen LogP contribution in [0.15, 0.2) is 54.5 Å². The van der Waals surface area contributed by atoms with Crippen molar-refractivity contribution in [3.05, 3.63) is 82.8 Å². The van der Waals surface area contributed by atoms with Crippen molar-refractivity contribution >= 4 is 11.8 Å². The molecule has 9 heteroatoms. The van der Waals surface area contributed by atoms with E-state index in [4.69, 9.17) is 5.73 Å². The predicted molar refractivity (Wildman–Crippen MR) is 152 cm³/mol. The second kappa shape index (κ2) is 12.8. The summed E-state index contributed by atoms with van der Waals surface area (Å²) in [5.41, 5.74) is 7.24. The maximum Gasteiger partial charge on any atom is 0.247 e. The van der Waals surface area contributed by atoms with Crippen molar-refractivity contribution in [2.24, 2.45) is 5.73 Å². The van der Waals surface area contributed by atoms with Crippen molar-refractivity contribution < 1.29 is 18.4 Å². The highest BCUT2D eigenvalue weighted by Crippen LogP contribution is 2.27. The Morgan fingerprint density at radius 3 is 2.45 bits per heavy atom. The van der Waals surface area contributed by atoms with E-state index in [1.165, 1.54) is 12.5 Å². The zero-order valence-electron chi connectivity index (χ0n) is 23.6. The van der Waals surface area contributed by atoms with E-state index in [1.807, 2.05) is 44.2 Å². The Bertz CT molecular complexity index is 1230. The minimum absolute atomic E-state index is 0.0919. The first-order valence-electron chi connectivity index (χ1n) is 14.1. The molecule has 4 rings (SSSR count). The molecule has 0 aliphatic heterocycles. The van der Waals surface area contributed by atoms with E-state index in [0.717, 1.165) is 37.3 Å². The van der Waals surface area contributed by atoms with Crippen LogP contribution in [0.4, 0.5) is 8.78 Å². The molecular formula is C31H41F2N5O2. The largest absolute Gasteiger partial charge is 0.384 e. The molecule has 0 bridgehead atoms. The van der Waals surface area contributed by atoms with Gasteiger partial charge in [-0.3, -0.25) is 14.9 Å². The van der Waals surface area contributed by atoms with Gasteiger partial charge in [0.05, 0.1) is 0 Å². The molecule has 2 amide bonds. The molecule has 0 radical (unpaired) electrons. The molecule has 0 heterocycles. The lowest BCUT2D eigenvalue weighted by molar-refractivity contribution is -0.130. The van der Waals surface area contributed by atoms with Gasteiger partial charge < -0.3 is 21.3 Å². The van der Waals surface area contributed by atoms with Crippen LogP contribution in [0.5, 0.6) is 0 Å². The molecule has 2 atom stereocenters. The van der Waals surface area contributed by atoms with Crippen LogP contribution in [0.3, 0.4) is 0 Å². The van der Waals surface area contributed by atoms with E-state index in [1.54, 1.807) is 18.1 Å². The molecule has 2 aliphatic carbocycles. The second-order valence-corrected chi connectivity index (χ2v) is 11.5. The van der Waals surface area contributed by atoms with Gasteiger partial charge >= 0.3 is 0 Å². The SMILES string of the molecule is CN(/C=C(\N)NC(=O)[C@@H](NC1CCc2cc(F)cc(F)c2C1)c1ccccc1)C(C)(C)C(=O)NC1CCCCC1. The Morgan fingerprint density at radius 2 is 1.75 bits per heavy atom. The molecule has 0 saturated heterocycles. The van der Waals surface area contributed by atoms with Crippen LogP contribution in [0.25, 0.3) is 0 Å². The fourth-order valence-electron chi connectivity index (χ4n) is 5.52. The van der Waals surface area contributed by atoms with Gasteiger partial charge in [0.2, 0.25) is 11.8 Å². The van der Waals surface area contributed by atoms with Gasteiger partial charge in [-0.25, -0.2) is 8.78 Å². The summed E-state index contributed by atoms with van der Waals surface area (Å²) in [7, 11) is 1.75. The van der Waals surface area contributed by atoms with E-state index < -0.39 is 23.2 Å². The molecule has 1 saturated carbocycles. The summed E-state index contributed by atoms with van der Waals surface area (Å²) in [5.74, 6) is -1.50. The highest BCUT2D eigenvalue weighted by molar-refractivity contribution is 5.86. The molecular weight excluding hydrogens is 512 g/mol. The van der Waals surface area contributed by atoms with Gasteiger partial charge in [-0.2, -0.15) is 0 Å². The number of halogens is 2.